The fourth-order valence-corrected chi connectivity index (χ4v) is 2.76. The normalized spacial score (nSPS) is 14.3. The van der Waals surface area contributed by atoms with E-state index in [2.05, 4.69) is 41.7 Å². The number of carbonyl (C=O) groups excluding carboxylic acids is 1. The maximum Gasteiger partial charge on any atom is 0.373 e. The van der Waals surface area contributed by atoms with Crippen LogP contribution in [0.3, 0.4) is 0 Å². The number of methoxy groups -OCH3 is 1. The molecule has 1 heterocycles. The molecule has 23 heavy (non-hydrogen) atoms. The van der Waals surface area contributed by atoms with E-state index < -0.39 is 5.97 Å². The zero-order chi connectivity index (χ0) is 16.4. The standard InChI is InChI=1S/C19H23NO3/c1-13-4-5-15(10-14(13)2)11-20(16-6-7-16)12-17-8-9-18(23-17)19(21)22-3/h4-5,8-10,16H,6-7,11-12H2,1-3H3. The van der Waals surface area contributed by atoms with Gasteiger partial charge in [-0.15, -0.1) is 0 Å². The Bertz CT molecular complexity index is 700. The van der Waals surface area contributed by atoms with Gasteiger partial charge in [0.1, 0.15) is 5.76 Å². The fourth-order valence-electron chi connectivity index (χ4n) is 2.76. The molecular formula is C19H23NO3. The molecule has 4 heteroatoms. The molecule has 0 amide bonds. The molecule has 1 aromatic heterocycles. The average Bonchev–Trinajstić information content (AvgIpc) is 3.29. The second-order valence-electron chi connectivity index (χ2n) is 6.31. The molecule has 1 aliphatic rings. The minimum absolute atomic E-state index is 0.268. The first-order valence-corrected chi connectivity index (χ1v) is 8.04. The van der Waals surface area contributed by atoms with Crippen LogP contribution in [0.15, 0.2) is 34.7 Å². The maximum atomic E-state index is 11.5. The highest BCUT2D eigenvalue weighted by atomic mass is 16.5. The summed E-state index contributed by atoms with van der Waals surface area (Å²) in [5.41, 5.74) is 3.96. The van der Waals surface area contributed by atoms with Crippen LogP contribution in [-0.4, -0.2) is 24.0 Å². The van der Waals surface area contributed by atoms with Gasteiger partial charge in [0.05, 0.1) is 13.7 Å². The van der Waals surface area contributed by atoms with Gasteiger partial charge in [-0.25, -0.2) is 4.79 Å². The van der Waals surface area contributed by atoms with Crippen molar-refractivity contribution in [3.05, 3.63) is 58.5 Å². The molecule has 2 aromatic rings. The summed E-state index contributed by atoms with van der Waals surface area (Å²) < 4.78 is 10.3. The smallest absolute Gasteiger partial charge is 0.373 e. The predicted molar refractivity (Wildman–Crippen MR) is 88.2 cm³/mol. The summed E-state index contributed by atoms with van der Waals surface area (Å²) in [5, 5.41) is 0. The zero-order valence-corrected chi connectivity index (χ0v) is 14.0. The van der Waals surface area contributed by atoms with Crippen LogP contribution in [0.2, 0.25) is 0 Å². The molecule has 0 bridgehead atoms. The van der Waals surface area contributed by atoms with Gasteiger partial charge in [-0.1, -0.05) is 18.2 Å². The Morgan fingerprint density at radius 3 is 2.61 bits per heavy atom. The van der Waals surface area contributed by atoms with Crippen molar-refractivity contribution in [3.8, 4) is 0 Å². The third kappa shape index (κ3) is 3.82. The number of aryl methyl sites for hydroxylation is 2. The van der Waals surface area contributed by atoms with Crippen molar-refractivity contribution in [2.24, 2.45) is 0 Å². The Labute approximate surface area is 137 Å². The molecule has 0 N–H and O–H groups in total. The second-order valence-corrected chi connectivity index (χ2v) is 6.31. The first-order valence-electron chi connectivity index (χ1n) is 8.04. The van der Waals surface area contributed by atoms with Crippen molar-refractivity contribution in [2.75, 3.05) is 7.11 Å². The van der Waals surface area contributed by atoms with E-state index in [1.165, 1.54) is 36.6 Å². The molecule has 0 aliphatic heterocycles. The van der Waals surface area contributed by atoms with E-state index in [0.29, 0.717) is 12.6 Å². The number of ether oxygens (including phenoxy) is 1. The van der Waals surface area contributed by atoms with Crippen molar-refractivity contribution in [2.45, 2.75) is 45.8 Å². The van der Waals surface area contributed by atoms with Gasteiger partial charge >= 0.3 is 5.97 Å². The Hall–Kier alpha value is -2.07. The molecule has 0 radical (unpaired) electrons. The molecule has 0 spiro atoms. The number of rotatable bonds is 6. The van der Waals surface area contributed by atoms with Crippen LogP contribution in [0, 0.1) is 13.8 Å². The number of benzene rings is 1. The van der Waals surface area contributed by atoms with Gasteiger partial charge in [0.25, 0.3) is 0 Å². The van der Waals surface area contributed by atoms with Crippen LogP contribution in [0.4, 0.5) is 0 Å². The van der Waals surface area contributed by atoms with E-state index in [4.69, 9.17) is 4.42 Å². The minimum atomic E-state index is -0.427. The Morgan fingerprint density at radius 2 is 1.96 bits per heavy atom. The molecule has 0 unspecified atom stereocenters. The molecule has 1 aromatic carbocycles. The van der Waals surface area contributed by atoms with E-state index in [0.717, 1.165) is 12.3 Å². The van der Waals surface area contributed by atoms with E-state index in [1.54, 1.807) is 6.07 Å². The Balaban J connectivity index is 1.70. The van der Waals surface area contributed by atoms with Crippen molar-refractivity contribution in [3.63, 3.8) is 0 Å². The van der Waals surface area contributed by atoms with Crippen LogP contribution < -0.4 is 0 Å². The SMILES string of the molecule is COC(=O)c1ccc(CN(Cc2ccc(C)c(C)c2)C2CC2)o1. The molecule has 1 saturated carbocycles. The van der Waals surface area contributed by atoms with Crippen molar-refractivity contribution in [1.29, 1.82) is 0 Å². The van der Waals surface area contributed by atoms with E-state index in [9.17, 15) is 4.79 Å². The van der Waals surface area contributed by atoms with E-state index in [-0.39, 0.29) is 5.76 Å². The first kappa shape index (κ1) is 15.8. The molecule has 0 saturated heterocycles. The van der Waals surface area contributed by atoms with Crippen LogP contribution in [-0.2, 0) is 17.8 Å². The molecule has 122 valence electrons. The van der Waals surface area contributed by atoms with Gasteiger partial charge in [-0.05, 0) is 55.5 Å². The van der Waals surface area contributed by atoms with Gasteiger partial charge < -0.3 is 9.15 Å². The lowest BCUT2D eigenvalue weighted by Gasteiger charge is -2.21. The van der Waals surface area contributed by atoms with Crippen LogP contribution in [0.25, 0.3) is 0 Å². The largest absolute Gasteiger partial charge is 0.463 e. The lowest BCUT2D eigenvalue weighted by atomic mass is 10.1. The highest BCUT2D eigenvalue weighted by Gasteiger charge is 2.29. The monoisotopic (exact) mass is 313 g/mol. The quantitative estimate of drug-likeness (QED) is 0.760. The summed E-state index contributed by atoms with van der Waals surface area (Å²) in [7, 11) is 1.36. The predicted octanol–water partition coefficient (Wildman–Crippen LogP) is 3.85. The molecule has 1 fully saturated rings. The van der Waals surface area contributed by atoms with Gasteiger partial charge in [0.15, 0.2) is 0 Å². The zero-order valence-electron chi connectivity index (χ0n) is 14.0. The van der Waals surface area contributed by atoms with Gasteiger partial charge in [-0.3, -0.25) is 4.90 Å². The van der Waals surface area contributed by atoms with Crippen LogP contribution in [0.5, 0.6) is 0 Å². The fraction of sp³-hybridized carbons (Fsp3) is 0.421. The third-order valence-corrected chi connectivity index (χ3v) is 4.43. The lowest BCUT2D eigenvalue weighted by molar-refractivity contribution is 0.0560. The van der Waals surface area contributed by atoms with Gasteiger partial charge in [0.2, 0.25) is 5.76 Å². The minimum Gasteiger partial charge on any atom is -0.463 e. The number of carbonyl (C=O) groups is 1. The Kier molecular flexibility index (Phi) is 4.53. The van der Waals surface area contributed by atoms with Gasteiger partial charge in [0, 0.05) is 12.6 Å². The maximum absolute atomic E-state index is 11.5. The molecule has 0 atom stereocenters. The number of hydrogen-bond donors (Lipinski definition) is 0. The highest BCUT2D eigenvalue weighted by molar-refractivity contribution is 5.86. The second kappa shape index (κ2) is 6.59. The van der Waals surface area contributed by atoms with Crippen molar-refractivity contribution >= 4 is 5.97 Å². The highest BCUT2D eigenvalue weighted by Crippen LogP contribution is 2.30. The van der Waals surface area contributed by atoms with Crippen LogP contribution in [0.1, 0.15) is 45.8 Å². The van der Waals surface area contributed by atoms with E-state index in [1.807, 2.05) is 6.07 Å². The summed E-state index contributed by atoms with van der Waals surface area (Å²) in [5.74, 6) is 0.647. The average molecular weight is 313 g/mol. The number of furan rings is 1. The third-order valence-electron chi connectivity index (χ3n) is 4.43. The summed E-state index contributed by atoms with van der Waals surface area (Å²) in [4.78, 5) is 13.9. The topological polar surface area (TPSA) is 42.7 Å². The van der Waals surface area contributed by atoms with Crippen molar-refractivity contribution < 1.29 is 13.9 Å². The first-order chi connectivity index (χ1) is 11.1. The summed E-state index contributed by atoms with van der Waals surface area (Å²) in [6.07, 6.45) is 2.46. The number of hydrogen-bond acceptors (Lipinski definition) is 4. The molecule has 4 nitrogen and oxygen atoms in total. The summed E-state index contributed by atoms with van der Waals surface area (Å²) in [6.45, 7) is 5.90. The van der Waals surface area contributed by atoms with Gasteiger partial charge in [-0.2, -0.15) is 0 Å². The summed E-state index contributed by atoms with van der Waals surface area (Å²) >= 11 is 0. The molecule has 3 rings (SSSR count). The lowest BCUT2D eigenvalue weighted by Crippen LogP contribution is -2.24. The molecular weight excluding hydrogens is 290 g/mol. The summed E-state index contributed by atoms with van der Waals surface area (Å²) in [6, 6.07) is 10.8. The van der Waals surface area contributed by atoms with E-state index >= 15 is 0 Å². The number of nitrogens with zero attached hydrogens (tertiary/aromatic N) is 1. The van der Waals surface area contributed by atoms with Crippen molar-refractivity contribution in [1.82, 2.24) is 4.90 Å². The van der Waals surface area contributed by atoms with Crippen LogP contribution >= 0.6 is 0 Å². The Morgan fingerprint density at radius 1 is 1.17 bits per heavy atom. The molecule has 1 aliphatic carbocycles. The number of esters is 1.